The minimum absolute atomic E-state index is 0.0260. The Morgan fingerprint density at radius 1 is 1.29 bits per heavy atom. The van der Waals surface area contributed by atoms with Crippen LogP contribution in [0.3, 0.4) is 0 Å². The summed E-state index contributed by atoms with van der Waals surface area (Å²) in [4.78, 5) is 38.7. The van der Waals surface area contributed by atoms with E-state index >= 15 is 0 Å². The molecule has 0 aliphatic carbocycles. The lowest BCUT2D eigenvalue weighted by Gasteiger charge is -2.29. The van der Waals surface area contributed by atoms with E-state index in [1.165, 1.54) is 22.9 Å². The lowest BCUT2D eigenvalue weighted by Crippen LogP contribution is -2.44. The number of fused-ring (bicyclic) bond motifs is 1. The predicted molar refractivity (Wildman–Crippen MR) is 116 cm³/mol. The molecule has 14 heteroatoms. The molecule has 4 rings (SSSR count). The Morgan fingerprint density at radius 3 is 2.68 bits per heavy atom. The van der Waals surface area contributed by atoms with Gasteiger partial charge in [0.2, 0.25) is 0 Å². The Morgan fingerprint density at radius 2 is 2.03 bits per heavy atom. The molecule has 34 heavy (non-hydrogen) atoms. The van der Waals surface area contributed by atoms with Crippen molar-refractivity contribution in [3.63, 3.8) is 0 Å². The van der Waals surface area contributed by atoms with Gasteiger partial charge in [0.15, 0.2) is 11.5 Å². The highest BCUT2D eigenvalue weighted by atomic mass is 35.5. The number of aromatic nitrogens is 5. The van der Waals surface area contributed by atoms with Gasteiger partial charge in [-0.05, 0) is 19.1 Å². The van der Waals surface area contributed by atoms with E-state index in [0.29, 0.717) is 26.2 Å². The molecule has 4 heterocycles. The SMILES string of the molecule is CC#CCn1c(=O)n(-c2ccnc(Cl)c2)c2nc(OC(=O)C(F)(F)F)nc(N3CCNCC3)c21. The van der Waals surface area contributed by atoms with Gasteiger partial charge in [0.05, 0.1) is 12.2 Å². The predicted octanol–water partition coefficient (Wildman–Crippen LogP) is 1.53. The van der Waals surface area contributed by atoms with E-state index in [-0.39, 0.29) is 34.4 Å². The molecule has 0 atom stereocenters. The molecule has 1 saturated heterocycles. The van der Waals surface area contributed by atoms with E-state index < -0.39 is 23.8 Å². The van der Waals surface area contributed by atoms with Crippen molar-refractivity contribution in [3.05, 3.63) is 34.0 Å². The number of carbonyl (C=O) groups excluding carboxylic acids is 1. The second-order valence-corrected chi connectivity index (χ2v) is 7.48. The van der Waals surface area contributed by atoms with Gasteiger partial charge >= 0.3 is 23.8 Å². The zero-order valence-corrected chi connectivity index (χ0v) is 18.4. The number of alkyl halides is 3. The van der Waals surface area contributed by atoms with E-state index in [1.807, 2.05) is 0 Å². The molecule has 0 unspecified atom stereocenters. The average molecular weight is 496 g/mol. The first kappa shape index (κ1) is 23.5. The number of piperazine rings is 1. The fourth-order valence-electron chi connectivity index (χ4n) is 3.47. The Labute approximate surface area is 195 Å². The van der Waals surface area contributed by atoms with Crippen LogP contribution in [-0.4, -0.2) is 62.4 Å². The molecule has 178 valence electrons. The molecule has 0 bridgehead atoms. The van der Waals surface area contributed by atoms with Gasteiger partial charge in [-0.1, -0.05) is 17.5 Å². The van der Waals surface area contributed by atoms with E-state index in [0.717, 1.165) is 4.57 Å². The summed E-state index contributed by atoms with van der Waals surface area (Å²) >= 11 is 5.99. The van der Waals surface area contributed by atoms with Gasteiger partial charge in [-0.25, -0.2) is 19.1 Å². The second-order valence-electron chi connectivity index (χ2n) is 7.09. The number of hydrogen-bond donors (Lipinski definition) is 1. The molecule has 0 amide bonds. The van der Waals surface area contributed by atoms with Crippen LogP contribution in [0.4, 0.5) is 19.0 Å². The molecular formula is C20H17ClF3N7O3. The van der Waals surface area contributed by atoms with Crippen molar-refractivity contribution in [1.82, 2.24) is 29.4 Å². The fraction of sp³-hybridized carbons (Fsp3) is 0.350. The highest BCUT2D eigenvalue weighted by molar-refractivity contribution is 6.29. The van der Waals surface area contributed by atoms with Gasteiger partial charge in [0.1, 0.15) is 10.7 Å². The molecule has 0 radical (unpaired) electrons. The second kappa shape index (κ2) is 9.32. The van der Waals surface area contributed by atoms with Gasteiger partial charge in [-0.3, -0.25) is 4.57 Å². The van der Waals surface area contributed by atoms with Crippen LogP contribution < -0.4 is 20.6 Å². The molecule has 0 saturated carbocycles. The number of anilines is 1. The van der Waals surface area contributed by atoms with Gasteiger partial charge in [0.25, 0.3) is 0 Å². The monoisotopic (exact) mass is 495 g/mol. The summed E-state index contributed by atoms with van der Waals surface area (Å²) in [6.07, 6.45) is -3.89. The van der Waals surface area contributed by atoms with Crippen molar-refractivity contribution in [1.29, 1.82) is 0 Å². The van der Waals surface area contributed by atoms with Crippen molar-refractivity contribution < 1.29 is 22.7 Å². The normalized spacial score (nSPS) is 14.1. The molecule has 1 N–H and O–H groups in total. The summed E-state index contributed by atoms with van der Waals surface area (Å²) in [5.74, 6) is 3.19. The third-order valence-corrected chi connectivity index (χ3v) is 5.15. The van der Waals surface area contributed by atoms with Crippen LogP contribution in [0.25, 0.3) is 16.9 Å². The number of nitrogens with one attached hydrogen (secondary N) is 1. The highest BCUT2D eigenvalue weighted by Crippen LogP contribution is 2.29. The van der Waals surface area contributed by atoms with Crippen molar-refractivity contribution >= 4 is 34.6 Å². The number of hydrogen-bond acceptors (Lipinski definition) is 8. The zero-order chi connectivity index (χ0) is 24.5. The highest BCUT2D eigenvalue weighted by Gasteiger charge is 2.42. The molecule has 10 nitrogen and oxygen atoms in total. The molecule has 3 aromatic rings. The summed E-state index contributed by atoms with van der Waals surface area (Å²) in [6, 6.07) is 2.04. The lowest BCUT2D eigenvalue weighted by atomic mass is 10.3. The number of carbonyl (C=O) groups is 1. The number of nitrogens with zero attached hydrogens (tertiary/aromatic N) is 6. The van der Waals surface area contributed by atoms with Crippen LogP contribution in [0.15, 0.2) is 23.1 Å². The number of halogens is 4. The fourth-order valence-corrected chi connectivity index (χ4v) is 3.64. The average Bonchev–Trinajstić information content (AvgIpc) is 3.08. The zero-order valence-electron chi connectivity index (χ0n) is 17.7. The minimum Gasteiger partial charge on any atom is -0.384 e. The molecule has 3 aromatic heterocycles. The number of imidazole rings is 1. The quantitative estimate of drug-likeness (QED) is 0.330. The van der Waals surface area contributed by atoms with Crippen molar-refractivity contribution in [2.45, 2.75) is 19.6 Å². The molecule has 0 aromatic carbocycles. The molecular weight excluding hydrogens is 479 g/mol. The first-order valence-corrected chi connectivity index (χ1v) is 10.4. The summed E-state index contributed by atoms with van der Waals surface area (Å²) in [5.41, 5.74) is -0.158. The standard InChI is InChI=1S/C20H17ClF3N7O3/c1-2-3-8-30-14-15(29-9-6-25-7-10-29)27-18(34-17(32)20(22,23)24)28-16(14)31(19(30)33)12-4-5-26-13(21)11-12/h4-5,11,25H,6-10H2,1H3. The minimum atomic E-state index is -5.26. The summed E-state index contributed by atoms with van der Waals surface area (Å²) in [5, 5.41) is 3.24. The van der Waals surface area contributed by atoms with Crippen LogP contribution in [0.1, 0.15) is 6.92 Å². The number of pyridine rings is 1. The molecule has 1 aliphatic rings. The maximum absolute atomic E-state index is 13.4. The summed E-state index contributed by atoms with van der Waals surface area (Å²) in [7, 11) is 0. The van der Waals surface area contributed by atoms with E-state index in [4.69, 9.17) is 11.6 Å². The number of rotatable bonds is 4. The Bertz CT molecular complexity index is 1370. The largest absolute Gasteiger partial charge is 0.491 e. The third-order valence-electron chi connectivity index (χ3n) is 4.94. The van der Waals surface area contributed by atoms with Crippen LogP contribution in [-0.2, 0) is 11.3 Å². The Balaban J connectivity index is 2.03. The van der Waals surface area contributed by atoms with Crippen LogP contribution in [0.5, 0.6) is 6.01 Å². The number of ether oxygens (including phenoxy) is 1. The molecule has 1 fully saturated rings. The van der Waals surface area contributed by atoms with Crippen LogP contribution in [0.2, 0.25) is 5.15 Å². The number of esters is 1. The van der Waals surface area contributed by atoms with Crippen molar-refractivity contribution in [2.75, 3.05) is 31.1 Å². The Kier molecular flexibility index (Phi) is 6.45. The van der Waals surface area contributed by atoms with E-state index in [2.05, 4.69) is 36.8 Å². The van der Waals surface area contributed by atoms with E-state index in [9.17, 15) is 22.8 Å². The maximum atomic E-state index is 13.4. The van der Waals surface area contributed by atoms with Crippen LogP contribution in [0, 0.1) is 11.8 Å². The first-order valence-electron chi connectivity index (χ1n) is 10.00. The molecule has 1 aliphatic heterocycles. The van der Waals surface area contributed by atoms with Crippen LogP contribution >= 0.6 is 11.6 Å². The smallest absolute Gasteiger partial charge is 0.384 e. The topological polar surface area (TPSA) is 107 Å². The molecule has 0 spiro atoms. The summed E-state index contributed by atoms with van der Waals surface area (Å²) < 4.78 is 45.5. The maximum Gasteiger partial charge on any atom is 0.491 e. The van der Waals surface area contributed by atoms with E-state index in [1.54, 1.807) is 11.8 Å². The Hall–Kier alpha value is -3.63. The van der Waals surface area contributed by atoms with Crippen molar-refractivity contribution in [2.24, 2.45) is 0 Å². The first-order chi connectivity index (χ1) is 16.2. The van der Waals surface area contributed by atoms with Gasteiger partial charge in [-0.15, -0.1) is 5.92 Å². The lowest BCUT2D eigenvalue weighted by molar-refractivity contribution is -0.190. The van der Waals surface area contributed by atoms with Gasteiger partial charge < -0.3 is 15.0 Å². The van der Waals surface area contributed by atoms with Gasteiger partial charge in [-0.2, -0.15) is 23.1 Å². The van der Waals surface area contributed by atoms with Gasteiger partial charge in [0, 0.05) is 32.4 Å². The summed E-state index contributed by atoms with van der Waals surface area (Å²) in [6.45, 7) is 3.61. The third kappa shape index (κ3) is 4.55. The van der Waals surface area contributed by atoms with Crippen molar-refractivity contribution in [3.8, 4) is 23.5 Å².